The van der Waals surface area contributed by atoms with Gasteiger partial charge in [-0.25, -0.2) is 4.79 Å². The lowest BCUT2D eigenvalue weighted by Gasteiger charge is -2.57. The molecule has 32 heavy (non-hydrogen) atoms. The Labute approximate surface area is 187 Å². The van der Waals surface area contributed by atoms with Crippen molar-refractivity contribution in [3.05, 3.63) is 120 Å². The largest absolute Gasteiger partial charge is 0.445 e. The molecule has 2 amide bonds. The molecular formula is C27H24N2O3. The summed E-state index contributed by atoms with van der Waals surface area (Å²) in [4.78, 5) is 30.1. The molecule has 3 aromatic rings. The van der Waals surface area contributed by atoms with Crippen LogP contribution in [0.2, 0.25) is 0 Å². The van der Waals surface area contributed by atoms with Gasteiger partial charge in [0.15, 0.2) is 5.54 Å². The molecule has 0 unspecified atom stereocenters. The number of rotatable bonds is 5. The van der Waals surface area contributed by atoms with Crippen LogP contribution in [0.15, 0.2) is 103 Å². The van der Waals surface area contributed by atoms with Crippen molar-refractivity contribution in [2.45, 2.75) is 24.7 Å². The quantitative estimate of drug-likeness (QED) is 0.440. The van der Waals surface area contributed by atoms with Crippen molar-refractivity contribution in [2.75, 3.05) is 6.54 Å². The Hall–Kier alpha value is -3.86. The molecular weight excluding hydrogens is 400 g/mol. The highest BCUT2D eigenvalue weighted by Gasteiger charge is 2.65. The summed E-state index contributed by atoms with van der Waals surface area (Å²) >= 11 is 0. The van der Waals surface area contributed by atoms with Crippen LogP contribution in [0.5, 0.6) is 0 Å². The van der Waals surface area contributed by atoms with Crippen LogP contribution in [-0.4, -0.2) is 33.9 Å². The maximum absolute atomic E-state index is 13.6. The lowest BCUT2D eigenvalue weighted by atomic mass is 9.74. The molecule has 0 saturated carbocycles. The predicted octanol–water partition coefficient (Wildman–Crippen LogP) is 4.72. The molecule has 0 aliphatic carbocycles. The van der Waals surface area contributed by atoms with Gasteiger partial charge in [0.05, 0.1) is 6.04 Å². The van der Waals surface area contributed by atoms with Gasteiger partial charge < -0.3 is 9.64 Å². The van der Waals surface area contributed by atoms with E-state index >= 15 is 0 Å². The summed E-state index contributed by atoms with van der Waals surface area (Å²) in [5.41, 5.74) is 1.91. The van der Waals surface area contributed by atoms with Crippen molar-refractivity contribution in [3.8, 4) is 0 Å². The van der Waals surface area contributed by atoms with E-state index in [9.17, 15) is 9.59 Å². The normalized spacial score (nSPS) is 21.6. The van der Waals surface area contributed by atoms with E-state index in [1.54, 1.807) is 4.90 Å². The maximum atomic E-state index is 13.6. The first kappa shape index (κ1) is 20.1. The number of carbonyl (C=O) groups is 2. The van der Waals surface area contributed by atoms with Crippen LogP contribution in [0.25, 0.3) is 0 Å². The number of benzene rings is 3. The summed E-state index contributed by atoms with van der Waals surface area (Å²) in [6.45, 7) is 1.01. The predicted molar refractivity (Wildman–Crippen MR) is 121 cm³/mol. The van der Waals surface area contributed by atoms with Gasteiger partial charge in [0.2, 0.25) is 0 Å². The van der Waals surface area contributed by atoms with Gasteiger partial charge in [-0.3, -0.25) is 9.69 Å². The third-order valence-electron chi connectivity index (χ3n) is 6.18. The molecule has 5 rings (SSSR count). The van der Waals surface area contributed by atoms with Crippen LogP contribution < -0.4 is 0 Å². The highest BCUT2D eigenvalue weighted by atomic mass is 16.6. The van der Waals surface area contributed by atoms with E-state index in [-0.39, 0.29) is 18.6 Å². The van der Waals surface area contributed by atoms with Gasteiger partial charge in [0.1, 0.15) is 6.61 Å². The van der Waals surface area contributed by atoms with E-state index in [1.807, 2.05) is 108 Å². The second kappa shape index (κ2) is 8.35. The van der Waals surface area contributed by atoms with Gasteiger partial charge in [0, 0.05) is 13.1 Å². The van der Waals surface area contributed by atoms with E-state index in [0.29, 0.717) is 13.1 Å². The van der Waals surface area contributed by atoms with Crippen LogP contribution in [0.1, 0.15) is 22.7 Å². The molecule has 0 bridgehead atoms. The lowest BCUT2D eigenvalue weighted by molar-refractivity contribution is -0.169. The molecule has 0 radical (unpaired) electrons. The zero-order valence-electron chi connectivity index (χ0n) is 17.6. The Morgan fingerprint density at radius 3 is 2.12 bits per heavy atom. The van der Waals surface area contributed by atoms with E-state index < -0.39 is 11.6 Å². The molecule has 1 saturated heterocycles. The molecule has 0 aromatic heterocycles. The molecule has 5 heteroatoms. The Balaban J connectivity index is 1.43. The van der Waals surface area contributed by atoms with Crippen LogP contribution in [-0.2, 0) is 22.7 Å². The first-order chi connectivity index (χ1) is 15.7. The average molecular weight is 425 g/mol. The fourth-order valence-electron chi connectivity index (χ4n) is 4.68. The highest BCUT2D eigenvalue weighted by molar-refractivity contribution is 6.00. The first-order valence-corrected chi connectivity index (χ1v) is 10.8. The molecule has 1 fully saturated rings. The van der Waals surface area contributed by atoms with E-state index in [0.717, 1.165) is 16.7 Å². The number of nitrogens with zero attached hydrogens (tertiary/aromatic N) is 2. The van der Waals surface area contributed by atoms with Gasteiger partial charge >= 0.3 is 6.09 Å². The number of likely N-dealkylation sites (tertiary alicyclic amines) is 1. The third-order valence-corrected chi connectivity index (χ3v) is 6.18. The van der Waals surface area contributed by atoms with Gasteiger partial charge in [-0.05, 0) is 22.8 Å². The zero-order valence-corrected chi connectivity index (χ0v) is 17.6. The van der Waals surface area contributed by atoms with Crippen molar-refractivity contribution in [1.29, 1.82) is 0 Å². The van der Waals surface area contributed by atoms with Gasteiger partial charge in [-0.1, -0.05) is 97.1 Å². The molecule has 2 heterocycles. The monoisotopic (exact) mass is 424 g/mol. The Morgan fingerprint density at radius 2 is 1.47 bits per heavy atom. The smallest absolute Gasteiger partial charge is 0.411 e. The summed E-state index contributed by atoms with van der Waals surface area (Å²) in [7, 11) is 0. The standard InChI is InChI=1S/C27H24N2O3/c30-25-27(17-10-18-29(27)26(31)32-20-22-13-6-2-7-14-22)24(23-15-8-3-9-16-23)28(25)19-21-11-4-1-5-12-21/h1-17,24H,18-20H2/t24-,27+/m0/s1. The summed E-state index contributed by atoms with van der Waals surface area (Å²) in [5.74, 6) is -0.0828. The van der Waals surface area contributed by atoms with E-state index in [4.69, 9.17) is 4.74 Å². The second-order valence-corrected chi connectivity index (χ2v) is 8.11. The summed E-state index contributed by atoms with van der Waals surface area (Å²) in [6, 6.07) is 29.1. The topological polar surface area (TPSA) is 49.9 Å². The SMILES string of the molecule is O=C(OCc1ccccc1)N1CC=C[C@@]12C(=O)N(Cc1ccccc1)[C@H]2c1ccccc1. The minimum atomic E-state index is -1.05. The average Bonchev–Trinajstić information content (AvgIpc) is 3.31. The molecule has 3 aromatic carbocycles. The van der Waals surface area contributed by atoms with Crippen LogP contribution in [0.4, 0.5) is 4.79 Å². The number of β-lactam (4-membered cyclic amide) rings is 1. The van der Waals surface area contributed by atoms with E-state index in [2.05, 4.69) is 0 Å². The molecule has 5 nitrogen and oxygen atoms in total. The summed E-state index contributed by atoms with van der Waals surface area (Å²) < 4.78 is 5.61. The molecule has 2 aliphatic heterocycles. The maximum Gasteiger partial charge on any atom is 0.411 e. The molecule has 1 spiro atoms. The Bertz CT molecular complexity index is 1130. The lowest BCUT2D eigenvalue weighted by Crippen LogP contribution is -2.73. The number of carbonyl (C=O) groups excluding carboxylic acids is 2. The van der Waals surface area contributed by atoms with Crippen molar-refractivity contribution in [3.63, 3.8) is 0 Å². The van der Waals surface area contributed by atoms with Crippen molar-refractivity contribution >= 4 is 12.0 Å². The zero-order chi connectivity index (χ0) is 22.0. The summed E-state index contributed by atoms with van der Waals surface area (Å²) in [5, 5.41) is 0. The molecule has 0 N–H and O–H groups in total. The Morgan fingerprint density at radius 1 is 0.875 bits per heavy atom. The number of amides is 2. The minimum Gasteiger partial charge on any atom is -0.445 e. The Kier molecular flexibility index (Phi) is 5.23. The molecule has 2 atom stereocenters. The fraction of sp³-hybridized carbons (Fsp3) is 0.185. The molecule has 160 valence electrons. The first-order valence-electron chi connectivity index (χ1n) is 10.8. The van der Waals surface area contributed by atoms with Crippen molar-refractivity contribution in [1.82, 2.24) is 9.80 Å². The van der Waals surface area contributed by atoms with Crippen LogP contribution in [0.3, 0.4) is 0 Å². The van der Waals surface area contributed by atoms with Gasteiger partial charge in [-0.2, -0.15) is 0 Å². The van der Waals surface area contributed by atoms with E-state index in [1.165, 1.54) is 0 Å². The van der Waals surface area contributed by atoms with Crippen LogP contribution >= 0.6 is 0 Å². The van der Waals surface area contributed by atoms with Crippen molar-refractivity contribution < 1.29 is 14.3 Å². The number of ether oxygens (including phenoxy) is 1. The second-order valence-electron chi connectivity index (χ2n) is 8.11. The van der Waals surface area contributed by atoms with Crippen LogP contribution in [0, 0.1) is 0 Å². The fourth-order valence-corrected chi connectivity index (χ4v) is 4.68. The number of hydrogen-bond acceptors (Lipinski definition) is 3. The number of hydrogen-bond donors (Lipinski definition) is 0. The van der Waals surface area contributed by atoms with Gasteiger partial charge in [0.25, 0.3) is 5.91 Å². The van der Waals surface area contributed by atoms with Crippen molar-refractivity contribution in [2.24, 2.45) is 0 Å². The summed E-state index contributed by atoms with van der Waals surface area (Å²) in [6.07, 6.45) is 3.28. The van der Waals surface area contributed by atoms with Gasteiger partial charge in [-0.15, -0.1) is 0 Å². The molecule has 2 aliphatic rings. The third kappa shape index (κ3) is 3.36. The highest BCUT2D eigenvalue weighted by Crippen LogP contribution is 2.51. The minimum absolute atomic E-state index is 0.0828.